The van der Waals surface area contributed by atoms with Gasteiger partial charge in [0.15, 0.2) is 5.60 Å². The molecule has 1 heterocycles. The Kier molecular flexibility index (Phi) is 3.58. The number of carbonyl (C=O) groups excluding carboxylic acids is 1. The predicted molar refractivity (Wildman–Crippen MR) is 90.5 cm³/mol. The Labute approximate surface area is 145 Å². The van der Waals surface area contributed by atoms with Crippen LogP contribution < -0.4 is 0 Å². The van der Waals surface area contributed by atoms with E-state index in [9.17, 15) is 19.8 Å². The molecule has 1 fully saturated rings. The van der Waals surface area contributed by atoms with E-state index in [4.69, 9.17) is 4.74 Å². The van der Waals surface area contributed by atoms with E-state index < -0.39 is 23.6 Å². The van der Waals surface area contributed by atoms with Crippen LogP contribution in [0, 0.1) is 5.92 Å². The molecule has 0 bridgehead atoms. The standard InChI is InChI=1S/C20H20O5/c1-11-17(18(22)23)20(25-19(11)24)9-5-4-8-15(20)14-10-16(21)13-7-3-2-6-12(13)14/h2-3,6-7,10,15-16,21H,4-5,8-9H2,1H3,(H,22,23). The molecular formula is C20H20O5. The molecule has 130 valence electrons. The van der Waals surface area contributed by atoms with Gasteiger partial charge < -0.3 is 14.9 Å². The number of aliphatic hydroxyl groups excluding tert-OH is 1. The van der Waals surface area contributed by atoms with Crippen molar-refractivity contribution in [1.82, 2.24) is 0 Å². The molecule has 5 heteroatoms. The first-order valence-corrected chi connectivity index (χ1v) is 8.63. The normalized spacial score (nSPS) is 31.1. The molecule has 3 aliphatic rings. The van der Waals surface area contributed by atoms with E-state index in [1.54, 1.807) is 6.08 Å². The third kappa shape index (κ3) is 2.19. The van der Waals surface area contributed by atoms with Gasteiger partial charge >= 0.3 is 11.9 Å². The zero-order chi connectivity index (χ0) is 17.8. The van der Waals surface area contributed by atoms with Gasteiger partial charge in [0.1, 0.15) is 0 Å². The molecule has 1 aliphatic heterocycles. The summed E-state index contributed by atoms with van der Waals surface area (Å²) in [6.45, 7) is 1.53. The van der Waals surface area contributed by atoms with Crippen molar-refractivity contribution in [3.63, 3.8) is 0 Å². The van der Waals surface area contributed by atoms with E-state index in [1.807, 2.05) is 24.3 Å². The number of rotatable bonds is 2. The number of carboxylic acids is 1. The van der Waals surface area contributed by atoms with Crippen molar-refractivity contribution in [1.29, 1.82) is 0 Å². The van der Waals surface area contributed by atoms with Crippen LogP contribution in [0.15, 0.2) is 41.5 Å². The van der Waals surface area contributed by atoms with E-state index in [1.165, 1.54) is 6.92 Å². The first-order chi connectivity index (χ1) is 12.0. The average molecular weight is 340 g/mol. The number of benzene rings is 1. The van der Waals surface area contributed by atoms with Crippen molar-refractivity contribution in [2.75, 3.05) is 0 Å². The van der Waals surface area contributed by atoms with Crippen molar-refractivity contribution in [3.05, 3.63) is 52.6 Å². The Morgan fingerprint density at radius 3 is 2.80 bits per heavy atom. The number of hydrogen-bond donors (Lipinski definition) is 2. The molecule has 0 saturated heterocycles. The monoisotopic (exact) mass is 340 g/mol. The van der Waals surface area contributed by atoms with E-state index in [-0.39, 0.29) is 17.1 Å². The molecule has 3 unspecified atom stereocenters. The van der Waals surface area contributed by atoms with E-state index in [2.05, 4.69) is 0 Å². The van der Waals surface area contributed by atoms with Gasteiger partial charge in [0.25, 0.3) is 0 Å². The van der Waals surface area contributed by atoms with Crippen LogP contribution in [0.2, 0.25) is 0 Å². The lowest BCUT2D eigenvalue weighted by Crippen LogP contribution is -2.45. The molecule has 2 N–H and O–H groups in total. The molecule has 1 aromatic rings. The predicted octanol–water partition coefficient (Wildman–Crippen LogP) is 3.00. The Morgan fingerprint density at radius 1 is 1.28 bits per heavy atom. The average Bonchev–Trinajstić information content (AvgIpc) is 3.04. The van der Waals surface area contributed by atoms with E-state index in [0.29, 0.717) is 6.42 Å². The lowest BCUT2D eigenvalue weighted by molar-refractivity contribution is -0.153. The van der Waals surface area contributed by atoms with Crippen LogP contribution in [0.5, 0.6) is 0 Å². The summed E-state index contributed by atoms with van der Waals surface area (Å²) < 4.78 is 5.73. The number of hydrogen-bond acceptors (Lipinski definition) is 4. The molecule has 2 aliphatic carbocycles. The molecule has 25 heavy (non-hydrogen) atoms. The molecule has 3 atom stereocenters. The molecule has 4 rings (SSSR count). The van der Waals surface area contributed by atoms with E-state index >= 15 is 0 Å². The Bertz CT molecular complexity index is 834. The third-order valence-corrected chi connectivity index (χ3v) is 5.75. The second-order valence-electron chi connectivity index (χ2n) is 7.04. The quantitative estimate of drug-likeness (QED) is 0.809. The lowest BCUT2D eigenvalue weighted by Gasteiger charge is -2.41. The van der Waals surface area contributed by atoms with Crippen LogP contribution in [0.3, 0.4) is 0 Å². The molecule has 0 amide bonds. The van der Waals surface area contributed by atoms with Crippen LogP contribution in [-0.2, 0) is 14.3 Å². The highest BCUT2D eigenvalue weighted by Crippen LogP contribution is 2.54. The lowest BCUT2D eigenvalue weighted by atomic mass is 9.67. The number of aliphatic carboxylic acids is 1. The van der Waals surface area contributed by atoms with Gasteiger partial charge in [-0.05, 0) is 49.0 Å². The minimum absolute atomic E-state index is 0.0852. The number of esters is 1. The number of ether oxygens (including phenoxy) is 1. The molecule has 1 aromatic carbocycles. The first-order valence-electron chi connectivity index (χ1n) is 8.63. The van der Waals surface area contributed by atoms with Crippen LogP contribution in [-0.4, -0.2) is 27.8 Å². The summed E-state index contributed by atoms with van der Waals surface area (Å²) in [6.07, 6.45) is 4.04. The smallest absolute Gasteiger partial charge is 0.336 e. The van der Waals surface area contributed by atoms with Gasteiger partial charge in [0.05, 0.1) is 11.7 Å². The maximum Gasteiger partial charge on any atom is 0.336 e. The molecule has 0 radical (unpaired) electrons. The maximum absolute atomic E-state index is 12.2. The number of carboxylic acid groups (broad SMARTS) is 1. The zero-order valence-corrected chi connectivity index (χ0v) is 14.0. The largest absolute Gasteiger partial charge is 0.478 e. The second kappa shape index (κ2) is 5.56. The van der Waals surface area contributed by atoms with Crippen molar-refractivity contribution < 1.29 is 24.5 Å². The van der Waals surface area contributed by atoms with Gasteiger partial charge in [0, 0.05) is 11.5 Å². The van der Waals surface area contributed by atoms with Crippen molar-refractivity contribution in [2.24, 2.45) is 5.92 Å². The van der Waals surface area contributed by atoms with Crippen LogP contribution >= 0.6 is 0 Å². The van der Waals surface area contributed by atoms with Crippen LogP contribution in [0.1, 0.15) is 49.8 Å². The maximum atomic E-state index is 12.2. The summed E-state index contributed by atoms with van der Waals surface area (Å²) in [5.74, 6) is -1.90. The number of aliphatic hydroxyl groups is 1. The Balaban J connectivity index is 1.86. The molecule has 5 nitrogen and oxygen atoms in total. The Morgan fingerprint density at radius 2 is 2.04 bits per heavy atom. The molecule has 1 spiro atoms. The summed E-state index contributed by atoms with van der Waals surface area (Å²) in [7, 11) is 0. The fourth-order valence-electron chi connectivity index (χ4n) is 4.70. The second-order valence-corrected chi connectivity index (χ2v) is 7.04. The highest BCUT2D eigenvalue weighted by molar-refractivity contribution is 6.05. The van der Waals surface area contributed by atoms with Gasteiger partial charge in [-0.3, -0.25) is 0 Å². The topological polar surface area (TPSA) is 83.8 Å². The summed E-state index contributed by atoms with van der Waals surface area (Å²) in [6, 6.07) is 7.59. The minimum Gasteiger partial charge on any atom is -0.478 e. The van der Waals surface area contributed by atoms with Gasteiger partial charge in [-0.25, -0.2) is 9.59 Å². The van der Waals surface area contributed by atoms with Crippen molar-refractivity contribution in [2.45, 2.75) is 44.3 Å². The highest BCUT2D eigenvalue weighted by atomic mass is 16.6. The molecule has 0 aromatic heterocycles. The fraction of sp³-hybridized carbons (Fsp3) is 0.400. The highest BCUT2D eigenvalue weighted by Gasteiger charge is 2.56. The Hall–Kier alpha value is -2.40. The first kappa shape index (κ1) is 16.1. The van der Waals surface area contributed by atoms with Crippen molar-refractivity contribution >= 4 is 17.5 Å². The fourth-order valence-corrected chi connectivity index (χ4v) is 4.70. The third-order valence-electron chi connectivity index (χ3n) is 5.75. The van der Waals surface area contributed by atoms with Gasteiger partial charge in [0.2, 0.25) is 0 Å². The van der Waals surface area contributed by atoms with Crippen molar-refractivity contribution in [3.8, 4) is 0 Å². The summed E-state index contributed by atoms with van der Waals surface area (Å²) in [5, 5.41) is 20.1. The van der Waals surface area contributed by atoms with E-state index in [0.717, 1.165) is 36.0 Å². The summed E-state index contributed by atoms with van der Waals surface area (Å²) in [4.78, 5) is 24.2. The summed E-state index contributed by atoms with van der Waals surface area (Å²) in [5.41, 5.74) is 1.78. The SMILES string of the molecule is CC1=C(C(=O)O)C2(CCCCC2C2=CC(O)c3ccccc32)OC1=O. The minimum atomic E-state index is -1.13. The van der Waals surface area contributed by atoms with Gasteiger partial charge in [-0.15, -0.1) is 0 Å². The zero-order valence-electron chi connectivity index (χ0n) is 14.0. The molecule has 1 saturated carbocycles. The number of carbonyl (C=O) groups is 2. The van der Waals surface area contributed by atoms with Gasteiger partial charge in [-0.1, -0.05) is 30.7 Å². The van der Waals surface area contributed by atoms with Crippen LogP contribution in [0.25, 0.3) is 5.57 Å². The van der Waals surface area contributed by atoms with Crippen LogP contribution in [0.4, 0.5) is 0 Å². The van der Waals surface area contributed by atoms with Gasteiger partial charge in [-0.2, -0.15) is 0 Å². The summed E-state index contributed by atoms with van der Waals surface area (Å²) >= 11 is 0. The molecular weight excluding hydrogens is 320 g/mol. The number of fused-ring (bicyclic) bond motifs is 1.